The number of furan rings is 1. The van der Waals surface area contributed by atoms with E-state index in [1.807, 2.05) is 13.8 Å². The second-order valence-corrected chi connectivity index (χ2v) is 5.09. The van der Waals surface area contributed by atoms with Crippen LogP contribution in [0.1, 0.15) is 50.1 Å². The summed E-state index contributed by atoms with van der Waals surface area (Å²) in [6.45, 7) is 9.63. The van der Waals surface area contributed by atoms with Gasteiger partial charge in [0.05, 0.1) is 19.8 Å². The van der Waals surface area contributed by atoms with Gasteiger partial charge < -0.3 is 19.2 Å². The lowest BCUT2D eigenvalue weighted by atomic mass is 10.0. The predicted molar refractivity (Wildman–Crippen MR) is 76.7 cm³/mol. The molecular weight excluding hydrogens is 258 g/mol. The minimum Gasteiger partial charge on any atom is -0.463 e. The SMILES string of the molecule is CCOCC(NC(C)c1ccc(C(=O)OC)o1)C(C)C. The zero-order chi connectivity index (χ0) is 15.1. The monoisotopic (exact) mass is 283 g/mol. The van der Waals surface area contributed by atoms with Crippen molar-refractivity contribution >= 4 is 5.97 Å². The summed E-state index contributed by atoms with van der Waals surface area (Å²) < 4.78 is 15.6. The van der Waals surface area contributed by atoms with E-state index in [0.717, 1.165) is 0 Å². The Bertz CT molecular complexity index is 414. The predicted octanol–water partition coefficient (Wildman–Crippen LogP) is 2.78. The number of esters is 1. The van der Waals surface area contributed by atoms with E-state index in [0.29, 0.717) is 24.9 Å². The first-order chi connectivity index (χ1) is 9.49. The summed E-state index contributed by atoms with van der Waals surface area (Å²) in [4.78, 5) is 11.4. The second kappa shape index (κ2) is 8.07. The molecule has 0 saturated carbocycles. The third-order valence-corrected chi connectivity index (χ3v) is 3.21. The van der Waals surface area contributed by atoms with E-state index in [4.69, 9.17) is 9.15 Å². The Hall–Kier alpha value is -1.33. The van der Waals surface area contributed by atoms with Crippen LogP contribution in [0.3, 0.4) is 0 Å². The topological polar surface area (TPSA) is 60.7 Å². The van der Waals surface area contributed by atoms with Crippen molar-refractivity contribution in [2.45, 2.75) is 39.8 Å². The molecule has 0 aliphatic rings. The van der Waals surface area contributed by atoms with E-state index >= 15 is 0 Å². The first-order valence-electron chi connectivity index (χ1n) is 7.01. The molecule has 5 nitrogen and oxygen atoms in total. The molecule has 0 saturated heterocycles. The molecule has 1 rings (SSSR count). The largest absolute Gasteiger partial charge is 0.463 e. The van der Waals surface area contributed by atoms with E-state index in [1.54, 1.807) is 12.1 Å². The smallest absolute Gasteiger partial charge is 0.373 e. The molecule has 1 aromatic rings. The van der Waals surface area contributed by atoms with Crippen LogP contribution in [-0.4, -0.2) is 32.3 Å². The molecule has 2 atom stereocenters. The van der Waals surface area contributed by atoms with Crippen LogP contribution < -0.4 is 5.32 Å². The highest BCUT2D eigenvalue weighted by Gasteiger charge is 2.20. The van der Waals surface area contributed by atoms with Crippen LogP contribution in [0.2, 0.25) is 0 Å². The number of carbonyl (C=O) groups excluding carboxylic acids is 1. The normalized spacial score (nSPS) is 14.3. The minimum absolute atomic E-state index is 0.00117. The molecule has 0 bridgehead atoms. The summed E-state index contributed by atoms with van der Waals surface area (Å²) in [6, 6.07) is 3.66. The zero-order valence-electron chi connectivity index (χ0n) is 12.9. The Balaban J connectivity index is 2.66. The molecule has 5 heteroatoms. The standard InChI is InChI=1S/C15H25NO4/c1-6-19-9-12(10(2)3)16-11(4)13-7-8-14(20-13)15(17)18-5/h7-8,10-12,16H,6,9H2,1-5H3. The molecule has 0 spiro atoms. The van der Waals surface area contributed by atoms with Crippen LogP contribution in [0, 0.1) is 5.92 Å². The van der Waals surface area contributed by atoms with Gasteiger partial charge >= 0.3 is 5.97 Å². The molecule has 20 heavy (non-hydrogen) atoms. The third-order valence-electron chi connectivity index (χ3n) is 3.21. The van der Waals surface area contributed by atoms with Crippen LogP contribution >= 0.6 is 0 Å². The Labute approximate surface area is 120 Å². The van der Waals surface area contributed by atoms with Gasteiger partial charge in [-0.25, -0.2) is 4.79 Å². The second-order valence-electron chi connectivity index (χ2n) is 5.09. The number of nitrogens with one attached hydrogen (secondary N) is 1. The summed E-state index contributed by atoms with van der Waals surface area (Å²) in [5, 5.41) is 3.47. The fraction of sp³-hybridized carbons (Fsp3) is 0.667. The number of ether oxygens (including phenoxy) is 2. The van der Waals surface area contributed by atoms with E-state index < -0.39 is 5.97 Å². The van der Waals surface area contributed by atoms with Crippen LogP contribution in [0.5, 0.6) is 0 Å². The van der Waals surface area contributed by atoms with Gasteiger partial charge in [0.15, 0.2) is 0 Å². The van der Waals surface area contributed by atoms with Gasteiger partial charge in [-0.15, -0.1) is 0 Å². The van der Waals surface area contributed by atoms with Crippen molar-refractivity contribution in [2.24, 2.45) is 5.92 Å². The van der Waals surface area contributed by atoms with Crippen molar-refractivity contribution in [3.63, 3.8) is 0 Å². The maximum Gasteiger partial charge on any atom is 0.373 e. The Kier molecular flexibility index (Phi) is 6.75. The highest BCUT2D eigenvalue weighted by atomic mass is 16.5. The molecule has 2 unspecified atom stereocenters. The summed E-state index contributed by atoms with van der Waals surface area (Å²) in [5.74, 6) is 0.923. The number of rotatable bonds is 8. The third kappa shape index (κ3) is 4.65. The first kappa shape index (κ1) is 16.7. The molecule has 0 aliphatic heterocycles. The highest BCUT2D eigenvalue weighted by Crippen LogP contribution is 2.19. The van der Waals surface area contributed by atoms with E-state index in [1.165, 1.54) is 7.11 Å². The average Bonchev–Trinajstić information content (AvgIpc) is 2.91. The molecule has 1 aromatic heterocycles. The van der Waals surface area contributed by atoms with Gasteiger partial charge in [-0.1, -0.05) is 13.8 Å². The lowest BCUT2D eigenvalue weighted by molar-refractivity contribution is 0.0561. The molecule has 1 heterocycles. The van der Waals surface area contributed by atoms with E-state index in [9.17, 15) is 4.79 Å². The molecule has 0 aliphatic carbocycles. The van der Waals surface area contributed by atoms with Crippen molar-refractivity contribution in [3.8, 4) is 0 Å². The van der Waals surface area contributed by atoms with Crippen LogP contribution in [0.4, 0.5) is 0 Å². The molecule has 1 N–H and O–H groups in total. The fourth-order valence-corrected chi connectivity index (χ4v) is 1.88. The fourth-order valence-electron chi connectivity index (χ4n) is 1.88. The Morgan fingerprint density at radius 1 is 1.35 bits per heavy atom. The van der Waals surface area contributed by atoms with Crippen molar-refractivity contribution < 1.29 is 18.7 Å². The van der Waals surface area contributed by atoms with Gasteiger partial charge in [0.2, 0.25) is 5.76 Å². The van der Waals surface area contributed by atoms with Crippen LogP contribution in [0.15, 0.2) is 16.5 Å². The van der Waals surface area contributed by atoms with Crippen molar-refractivity contribution in [1.29, 1.82) is 0 Å². The molecule has 0 aromatic carbocycles. The Morgan fingerprint density at radius 2 is 2.05 bits per heavy atom. The minimum atomic E-state index is -0.460. The van der Waals surface area contributed by atoms with Crippen molar-refractivity contribution in [2.75, 3.05) is 20.3 Å². The lowest BCUT2D eigenvalue weighted by Crippen LogP contribution is -2.39. The summed E-state index contributed by atoms with van der Waals surface area (Å²) in [5.41, 5.74) is 0. The Morgan fingerprint density at radius 3 is 2.60 bits per heavy atom. The van der Waals surface area contributed by atoms with Gasteiger partial charge in [0, 0.05) is 12.6 Å². The summed E-state index contributed by atoms with van der Waals surface area (Å²) >= 11 is 0. The maximum absolute atomic E-state index is 11.4. The molecule has 0 radical (unpaired) electrons. The first-order valence-corrected chi connectivity index (χ1v) is 7.01. The molecule has 0 amide bonds. The van der Waals surface area contributed by atoms with Gasteiger partial charge in [0.25, 0.3) is 0 Å². The van der Waals surface area contributed by atoms with Gasteiger partial charge in [-0.05, 0) is 31.9 Å². The maximum atomic E-state index is 11.4. The average molecular weight is 283 g/mol. The van der Waals surface area contributed by atoms with E-state index in [-0.39, 0.29) is 17.8 Å². The zero-order valence-corrected chi connectivity index (χ0v) is 12.9. The van der Waals surface area contributed by atoms with Crippen molar-refractivity contribution in [1.82, 2.24) is 5.32 Å². The van der Waals surface area contributed by atoms with Gasteiger partial charge in [-0.2, -0.15) is 0 Å². The number of hydrogen-bond acceptors (Lipinski definition) is 5. The van der Waals surface area contributed by atoms with Crippen LogP contribution in [0.25, 0.3) is 0 Å². The quantitative estimate of drug-likeness (QED) is 0.743. The molecular formula is C15H25NO4. The lowest BCUT2D eigenvalue weighted by Gasteiger charge is -2.25. The number of carbonyl (C=O) groups is 1. The van der Waals surface area contributed by atoms with Gasteiger partial charge in [-0.3, -0.25) is 0 Å². The van der Waals surface area contributed by atoms with Crippen LogP contribution in [-0.2, 0) is 9.47 Å². The molecule has 114 valence electrons. The number of methoxy groups -OCH3 is 1. The number of hydrogen-bond donors (Lipinski definition) is 1. The van der Waals surface area contributed by atoms with Gasteiger partial charge in [0.1, 0.15) is 5.76 Å². The molecule has 0 fully saturated rings. The summed E-state index contributed by atoms with van der Waals surface area (Å²) in [7, 11) is 1.34. The van der Waals surface area contributed by atoms with E-state index in [2.05, 4.69) is 23.9 Å². The summed E-state index contributed by atoms with van der Waals surface area (Å²) in [6.07, 6.45) is 0. The highest BCUT2D eigenvalue weighted by molar-refractivity contribution is 5.86. The van der Waals surface area contributed by atoms with Crippen molar-refractivity contribution in [3.05, 3.63) is 23.7 Å².